The summed E-state index contributed by atoms with van der Waals surface area (Å²) in [5.74, 6) is 0. The monoisotopic (exact) mass is 423 g/mol. The van der Waals surface area contributed by atoms with E-state index in [2.05, 4.69) is 47.8 Å². The third-order valence-corrected chi connectivity index (χ3v) is 4.77. The second kappa shape index (κ2) is 5.31. The Morgan fingerprint density at radius 1 is 1.00 bits per heavy atom. The van der Waals surface area contributed by atoms with Crippen molar-refractivity contribution in [2.75, 3.05) is 0 Å². The average Bonchev–Trinajstić information content (AvgIpc) is 2.62. The van der Waals surface area contributed by atoms with Crippen LogP contribution in [0.2, 0.25) is 0 Å². The number of thiophene rings is 1. The van der Waals surface area contributed by atoms with E-state index in [9.17, 15) is 0 Å². The quantitative estimate of drug-likeness (QED) is 0.713. The third kappa shape index (κ3) is 2.96. The number of halogens is 3. The minimum absolute atomic E-state index is 0.0786. The van der Waals surface area contributed by atoms with E-state index >= 15 is 0 Å². The topological polar surface area (TPSA) is 26.0 Å². The predicted molar refractivity (Wildman–Crippen MR) is 79.9 cm³/mol. The zero-order valence-corrected chi connectivity index (χ0v) is 13.7. The van der Waals surface area contributed by atoms with E-state index in [1.165, 1.54) is 0 Å². The van der Waals surface area contributed by atoms with E-state index in [4.69, 9.17) is 5.73 Å². The molecule has 0 bridgehead atoms. The summed E-state index contributed by atoms with van der Waals surface area (Å²) in [5, 5.41) is 0. The van der Waals surface area contributed by atoms with E-state index in [1.54, 1.807) is 11.3 Å². The van der Waals surface area contributed by atoms with Gasteiger partial charge >= 0.3 is 0 Å². The molecule has 1 atom stereocenters. The van der Waals surface area contributed by atoms with Crippen LogP contribution in [0.3, 0.4) is 0 Å². The SMILES string of the molecule is NC(c1cc(Br)cc(Br)c1)c1ccc(Br)s1. The van der Waals surface area contributed by atoms with Crippen LogP contribution < -0.4 is 5.73 Å². The molecule has 0 saturated heterocycles. The summed E-state index contributed by atoms with van der Waals surface area (Å²) < 4.78 is 3.16. The molecule has 1 heterocycles. The summed E-state index contributed by atoms with van der Waals surface area (Å²) in [5.41, 5.74) is 7.31. The lowest BCUT2D eigenvalue weighted by Crippen LogP contribution is -2.10. The Morgan fingerprint density at radius 2 is 1.62 bits per heavy atom. The highest BCUT2D eigenvalue weighted by Crippen LogP contribution is 2.32. The molecule has 2 N–H and O–H groups in total. The summed E-state index contributed by atoms with van der Waals surface area (Å²) >= 11 is 12.0. The van der Waals surface area contributed by atoms with Crippen molar-refractivity contribution in [3.63, 3.8) is 0 Å². The van der Waals surface area contributed by atoms with Gasteiger partial charge < -0.3 is 5.73 Å². The molecule has 0 aliphatic carbocycles. The van der Waals surface area contributed by atoms with E-state index in [1.807, 2.05) is 30.3 Å². The number of nitrogens with two attached hydrogens (primary N) is 1. The zero-order valence-electron chi connectivity index (χ0n) is 8.08. The van der Waals surface area contributed by atoms with Gasteiger partial charge in [0.15, 0.2) is 0 Å². The lowest BCUT2D eigenvalue weighted by atomic mass is 10.1. The molecule has 1 aromatic heterocycles. The molecule has 1 nitrogen and oxygen atoms in total. The highest BCUT2D eigenvalue weighted by atomic mass is 79.9. The Kier molecular flexibility index (Phi) is 4.24. The largest absolute Gasteiger partial charge is 0.320 e. The molecule has 0 saturated carbocycles. The van der Waals surface area contributed by atoms with Crippen LogP contribution in [0.1, 0.15) is 16.5 Å². The second-order valence-electron chi connectivity index (χ2n) is 3.32. The molecule has 84 valence electrons. The summed E-state index contributed by atoms with van der Waals surface area (Å²) in [7, 11) is 0. The fraction of sp³-hybridized carbons (Fsp3) is 0.0909. The Hall–Kier alpha value is 0.320. The van der Waals surface area contributed by atoms with Crippen molar-refractivity contribution in [1.82, 2.24) is 0 Å². The van der Waals surface area contributed by atoms with Gasteiger partial charge in [-0.15, -0.1) is 11.3 Å². The van der Waals surface area contributed by atoms with Crippen molar-refractivity contribution < 1.29 is 0 Å². The Bertz CT molecular complexity index is 489. The Balaban J connectivity index is 2.37. The van der Waals surface area contributed by atoms with Gasteiger partial charge in [0.25, 0.3) is 0 Å². The maximum atomic E-state index is 6.22. The van der Waals surface area contributed by atoms with Crippen LogP contribution in [0.15, 0.2) is 43.1 Å². The molecule has 0 fully saturated rings. The smallest absolute Gasteiger partial charge is 0.0702 e. The van der Waals surface area contributed by atoms with Crippen LogP contribution in [0.5, 0.6) is 0 Å². The van der Waals surface area contributed by atoms with Gasteiger partial charge in [-0.05, 0) is 51.8 Å². The molecule has 0 spiro atoms. The number of hydrogen-bond acceptors (Lipinski definition) is 2. The molecule has 1 aromatic carbocycles. The Labute approximate surface area is 123 Å². The summed E-state index contributed by atoms with van der Waals surface area (Å²) in [6.07, 6.45) is 0. The van der Waals surface area contributed by atoms with E-state index < -0.39 is 0 Å². The van der Waals surface area contributed by atoms with Crippen molar-refractivity contribution in [2.45, 2.75) is 6.04 Å². The van der Waals surface area contributed by atoms with Crippen LogP contribution in [-0.4, -0.2) is 0 Å². The molecule has 1 unspecified atom stereocenters. The van der Waals surface area contributed by atoms with Crippen LogP contribution >= 0.6 is 59.1 Å². The van der Waals surface area contributed by atoms with Crippen molar-refractivity contribution in [2.24, 2.45) is 5.73 Å². The van der Waals surface area contributed by atoms with Gasteiger partial charge in [0.2, 0.25) is 0 Å². The normalized spacial score (nSPS) is 12.8. The number of benzene rings is 1. The first-order valence-corrected chi connectivity index (χ1v) is 7.72. The first-order valence-electron chi connectivity index (χ1n) is 4.53. The molecule has 2 aromatic rings. The first kappa shape index (κ1) is 12.8. The van der Waals surface area contributed by atoms with Crippen molar-refractivity contribution >= 4 is 59.1 Å². The molecule has 5 heteroatoms. The Morgan fingerprint density at radius 3 is 2.12 bits per heavy atom. The van der Waals surface area contributed by atoms with Gasteiger partial charge in [0.1, 0.15) is 0 Å². The molecule has 16 heavy (non-hydrogen) atoms. The maximum Gasteiger partial charge on any atom is 0.0702 e. The molecule has 0 aliphatic rings. The van der Waals surface area contributed by atoms with Crippen molar-refractivity contribution in [3.05, 3.63) is 53.5 Å². The molecule has 0 amide bonds. The fourth-order valence-electron chi connectivity index (χ4n) is 1.41. The summed E-state index contributed by atoms with van der Waals surface area (Å²) in [6, 6.07) is 10.1. The molecule has 0 radical (unpaired) electrons. The van der Waals surface area contributed by atoms with E-state index in [-0.39, 0.29) is 6.04 Å². The number of hydrogen-bond donors (Lipinski definition) is 1. The lowest BCUT2D eigenvalue weighted by molar-refractivity contribution is 0.891. The van der Waals surface area contributed by atoms with Gasteiger partial charge in [-0.1, -0.05) is 31.9 Å². The lowest BCUT2D eigenvalue weighted by Gasteiger charge is -2.11. The predicted octanol–water partition coefficient (Wildman–Crippen LogP) is 5.08. The van der Waals surface area contributed by atoms with Gasteiger partial charge in [-0.2, -0.15) is 0 Å². The minimum atomic E-state index is -0.0786. The summed E-state index contributed by atoms with van der Waals surface area (Å²) in [4.78, 5) is 1.15. The molecular weight excluding hydrogens is 418 g/mol. The zero-order chi connectivity index (χ0) is 11.7. The highest BCUT2D eigenvalue weighted by Gasteiger charge is 2.12. The molecule has 0 aliphatic heterocycles. The second-order valence-corrected chi connectivity index (χ2v) is 7.65. The molecular formula is C11H8Br3NS. The fourth-order valence-corrected chi connectivity index (χ4v) is 4.20. The summed E-state index contributed by atoms with van der Waals surface area (Å²) in [6.45, 7) is 0. The standard InChI is InChI=1S/C11H8Br3NS/c12-7-3-6(4-8(13)5-7)11(15)9-1-2-10(14)16-9/h1-5,11H,15H2. The van der Waals surface area contributed by atoms with Crippen LogP contribution in [0.4, 0.5) is 0 Å². The minimum Gasteiger partial charge on any atom is -0.320 e. The van der Waals surface area contributed by atoms with Crippen molar-refractivity contribution in [1.29, 1.82) is 0 Å². The van der Waals surface area contributed by atoms with Crippen LogP contribution in [0.25, 0.3) is 0 Å². The van der Waals surface area contributed by atoms with E-state index in [0.717, 1.165) is 23.2 Å². The van der Waals surface area contributed by atoms with Crippen LogP contribution in [0, 0.1) is 0 Å². The van der Waals surface area contributed by atoms with Crippen molar-refractivity contribution in [3.8, 4) is 0 Å². The molecule has 2 rings (SSSR count). The third-order valence-electron chi connectivity index (χ3n) is 2.14. The van der Waals surface area contributed by atoms with Gasteiger partial charge in [0.05, 0.1) is 9.83 Å². The highest BCUT2D eigenvalue weighted by molar-refractivity contribution is 9.11. The van der Waals surface area contributed by atoms with E-state index in [0.29, 0.717) is 0 Å². The maximum absolute atomic E-state index is 6.22. The average molecular weight is 426 g/mol. The van der Waals surface area contributed by atoms with Gasteiger partial charge in [-0.3, -0.25) is 0 Å². The van der Waals surface area contributed by atoms with Crippen LogP contribution in [-0.2, 0) is 0 Å². The number of rotatable bonds is 2. The first-order chi connectivity index (χ1) is 7.56. The van der Waals surface area contributed by atoms with Gasteiger partial charge in [-0.25, -0.2) is 0 Å². The van der Waals surface area contributed by atoms with Gasteiger partial charge in [0, 0.05) is 13.8 Å².